The van der Waals surface area contributed by atoms with Crippen molar-refractivity contribution in [1.82, 2.24) is 10.8 Å². The molecule has 2 aromatic rings. The van der Waals surface area contributed by atoms with E-state index in [1.807, 2.05) is 17.5 Å². The molecule has 2 amide bonds. The van der Waals surface area contributed by atoms with Crippen LogP contribution in [0.4, 0.5) is 0 Å². The molecule has 2 rings (SSSR count). The predicted molar refractivity (Wildman–Crippen MR) is 87.6 cm³/mol. The number of hydrogen-bond acceptors (Lipinski definition) is 5. The molecule has 1 heterocycles. The molecule has 0 fully saturated rings. The van der Waals surface area contributed by atoms with E-state index in [0.29, 0.717) is 23.4 Å². The number of benzene rings is 1. The molecule has 0 radical (unpaired) electrons. The number of amides is 2. The Kier molecular flexibility index (Phi) is 5.90. The Labute approximate surface area is 137 Å². The van der Waals surface area contributed by atoms with Crippen molar-refractivity contribution < 1.29 is 19.5 Å². The van der Waals surface area contributed by atoms with Crippen LogP contribution >= 0.6 is 11.3 Å². The second-order valence-corrected chi connectivity index (χ2v) is 5.47. The van der Waals surface area contributed by atoms with Gasteiger partial charge in [-0.2, -0.15) is 0 Å². The summed E-state index contributed by atoms with van der Waals surface area (Å²) in [5, 5.41) is 13.1. The standard InChI is InChI=1S/C16H16N2O4S/c1-11(14-3-2-10-23-14)15(19)17-8-9-22-13-6-4-12(5-7-13)16(20)18-21/h2-7,10,21H,1,8-9H2,(H,17,19)(H,18,20). The van der Waals surface area contributed by atoms with E-state index in [1.165, 1.54) is 23.5 Å². The SMILES string of the molecule is C=C(C(=O)NCCOc1ccc(C(=O)NO)cc1)c1cccs1. The van der Waals surface area contributed by atoms with E-state index in [-0.39, 0.29) is 12.5 Å². The molecule has 0 aliphatic carbocycles. The van der Waals surface area contributed by atoms with Crippen LogP contribution in [0.3, 0.4) is 0 Å². The lowest BCUT2D eigenvalue weighted by Crippen LogP contribution is -2.28. The zero-order chi connectivity index (χ0) is 16.7. The highest BCUT2D eigenvalue weighted by molar-refractivity contribution is 7.11. The van der Waals surface area contributed by atoms with Gasteiger partial charge in [0.25, 0.3) is 11.8 Å². The van der Waals surface area contributed by atoms with Gasteiger partial charge in [0.05, 0.1) is 6.54 Å². The zero-order valence-corrected chi connectivity index (χ0v) is 13.1. The van der Waals surface area contributed by atoms with Crippen LogP contribution in [0.1, 0.15) is 15.2 Å². The Morgan fingerprint density at radius 3 is 2.57 bits per heavy atom. The van der Waals surface area contributed by atoms with E-state index >= 15 is 0 Å². The fourth-order valence-electron chi connectivity index (χ4n) is 1.77. The highest BCUT2D eigenvalue weighted by Crippen LogP contribution is 2.18. The molecular weight excluding hydrogens is 316 g/mol. The quantitative estimate of drug-likeness (QED) is 0.313. The monoisotopic (exact) mass is 332 g/mol. The van der Waals surface area contributed by atoms with Gasteiger partial charge in [0.1, 0.15) is 12.4 Å². The molecule has 1 aromatic carbocycles. The molecule has 0 bridgehead atoms. The summed E-state index contributed by atoms with van der Waals surface area (Å²) in [7, 11) is 0. The molecule has 0 saturated heterocycles. The molecule has 7 heteroatoms. The second-order valence-electron chi connectivity index (χ2n) is 4.53. The molecule has 6 nitrogen and oxygen atoms in total. The average molecular weight is 332 g/mol. The molecule has 0 spiro atoms. The summed E-state index contributed by atoms with van der Waals surface area (Å²) in [4.78, 5) is 23.9. The Morgan fingerprint density at radius 1 is 1.22 bits per heavy atom. The fraction of sp³-hybridized carbons (Fsp3) is 0.125. The average Bonchev–Trinajstić information content (AvgIpc) is 3.12. The Hall–Kier alpha value is -2.64. The summed E-state index contributed by atoms with van der Waals surface area (Å²) in [6.45, 7) is 4.39. The number of nitrogens with one attached hydrogen (secondary N) is 2. The number of rotatable bonds is 7. The van der Waals surface area contributed by atoms with Crippen molar-refractivity contribution in [2.75, 3.05) is 13.2 Å². The molecule has 0 aliphatic rings. The van der Waals surface area contributed by atoms with Crippen LogP contribution in [0, 0.1) is 0 Å². The van der Waals surface area contributed by atoms with E-state index in [4.69, 9.17) is 9.94 Å². The third-order valence-corrected chi connectivity index (χ3v) is 3.90. The normalized spacial score (nSPS) is 9.96. The Balaban J connectivity index is 1.74. The van der Waals surface area contributed by atoms with Gasteiger partial charge in [0.15, 0.2) is 0 Å². The summed E-state index contributed by atoms with van der Waals surface area (Å²) < 4.78 is 5.46. The van der Waals surface area contributed by atoms with Crippen LogP contribution < -0.4 is 15.5 Å². The third kappa shape index (κ3) is 4.67. The zero-order valence-electron chi connectivity index (χ0n) is 12.2. The van der Waals surface area contributed by atoms with Gasteiger partial charge in [-0.3, -0.25) is 14.8 Å². The van der Waals surface area contributed by atoms with E-state index in [1.54, 1.807) is 17.6 Å². The van der Waals surface area contributed by atoms with Crippen molar-refractivity contribution >= 4 is 28.7 Å². The lowest BCUT2D eigenvalue weighted by atomic mass is 10.2. The van der Waals surface area contributed by atoms with Crippen LogP contribution in [0.2, 0.25) is 0 Å². The van der Waals surface area contributed by atoms with Crippen molar-refractivity contribution in [2.45, 2.75) is 0 Å². The van der Waals surface area contributed by atoms with Crippen molar-refractivity contribution in [3.63, 3.8) is 0 Å². The first-order valence-electron chi connectivity index (χ1n) is 6.80. The summed E-state index contributed by atoms with van der Waals surface area (Å²) in [6, 6.07) is 9.97. The van der Waals surface area contributed by atoms with Gasteiger partial charge >= 0.3 is 0 Å². The Bertz CT molecular complexity index is 681. The minimum Gasteiger partial charge on any atom is -0.492 e. The summed E-state index contributed by atoms with van der Waals surface area (Å²) in [5.74, 6) is -0.257. The maximum atomic E-state index is 11.9. The van der Waals surface area contributed by atoms with Crippen LogP contribution in [0.25, 0.3) is 5.57 Å². The molecule has 0 atom stereocenters. The Morgan fingerprint density at radius 2 is 1.96 bits per heavy atom. The topological polar surface area (TPSA) is 87.7 Å². The summed E-state index contributed by atoms with van der Waals surface area (Å²) in [6.07, 6.45) is 0. The number of thiophene rings is 1. The maximum Gasteiger partial charge on any atom is 0.274 e. The number of ether oxygens (including phenoxy) is 1. The minimum atomic E-state index is -0.587. The van der Waals surface area contributed by atoms with E-state index in [2.05, 4.69) is 11.9 Å². The molecule has 0 aliphatic heterocycles. The first kappa shape index (κ1) is 16.7. The smallest absolute Gasteiger partial charge is 0.274 e. The largest absolute Gasteiger partial charge is 0.492 e. The van der Waals surface area contributed by atoms with E-state index in [9.17, 15) is 9.59 Å². The highest BCUT2D eigenvalue weighted by atomic mass is 32.1. The summed E-state index contributed by atoms with van der Waals surface area (Å²) in [5.41, 5.74) is 2.30. The fourth-order valence-corrected chi connectivity index (χ4v) is 2.47. The molecule has 120 valence electrons. The second kappa shape index (κ2) is 8.11. The van der Waals surface area contributed by atoms with Crippen molar-refractivity contribution in [3.8, 4) is 5.75 Å². The third-order valence-electron chi connectivity index (χ3n) is 2.97. The molecule has 1 aromatic heterocycles. The molecular formula is C16H16N2O4S. The maximum absolute atomic E-state index is 11.9. The molecule has 0 unspecified atom stereocenters. The number of carbonyl (C=O) groups is 2. The van der Waals surface area contributed by atoms with Crippen LogP contribution in [0.15, 0.2) is 48.4 Å². The van der Waals surface area contributed by atoms with Crippen molar-refractivity contribution in [1.29, 1.82) is 0 Å². The minimum absolute atomic E-state index is 0.231. The van der Waals surface area contributed by atoms with Crippen LogP contribution in [-0.4, -0.2) is 30.2 Å². The van der Waals surface area contributed by atoms with Gasteiger partial charge in [0.2, 0.25) is 0 Å². The highest BCUT2D eigenvalue weighted by Gasteiger charge is 2.09. The van der Waals surface area contributed by atoms with Gasteiger partial charge in [-0.15, -0.1) is 11.3 Å². The molecule has 23 heavy (non-hydrogen) atoms. The van der Waals surface area contributed by atoms with E-state index in [0.717, 1.165) is 4.88 Å². The number of hydroxylamine groups is 1. The lowest BCUT2D eigenvalue weighted by Gasteiger charge is -2.09. The van der Waals surface area contributed by atoms with Gasteiger partial charge in [0, 0.05) is 16.0 Å². The van der Waals surface area contributed by atoms with Crippen molar-refractivity contribution in [3.05, 3.63) is 58.8 Å². The number of carbonyl (C=O) groups excluding carboxylic acids is 2. The van der Waals surface area contributed by atoms with Gasteiger partial charge in [-0.25, -0.2) is 5.48 Å². The van der Waals surface area contributed by atoms with Gasteiger partial charge < -0.3 is 10.1 Å². The predicted octanol–water partition coefficient (Wildman–Crippen LogP) is 2.08. The first-order valence-corrected chi connectivity index (χ1v) is 7.68. The summed E-state index contributed by atoms with van der Waals surface area (Å²) >= 11 is 1.46. The van der Waals surface area contributed by atoms with Crippen LogP contribution in [-0.2, 0) is 4.79 Å². The van der Waals surface area contributed by atoms with E-state index < -0.39 is 5.91 Å². The molecule has 0 saturated carbocycles. The van der Waals surface area contributed by atoms with Gasteiger partial charge in [-0.1, -0.05) is 12.6 Å². The van der Waals surface area contributed by atoms with Crippen molar-refractivity contribution in [2.24, 2.45) is 0 Å². The number of hydrogen-bond donors (Lipinski definition) is 3. The van der Waals surface area contributed by atoms with Gasteiger partial charge in [-0.05, 0) is 35.7 Å². The lowest BCUT2D eigenvalue weighted by molar-refractivity contribution is -0.115. The first-order chi connectivity index (χ1) is 11.1. The molecule has 3 N–H and O–H groups in total. The van der Waals surface area contributed by atoms with Crippen LogP contribution in [0.5, 0.6) is 5.75 Å².